The second kappa shape index (κ2) is 13.4. The number of ketones is 1. The number of nitrogens with zero attached hydrogens (tertiary/aromatic N) is 1. The maximum atomic E-state index is 12.4. The molecular formula is C30H31NO10S. The standard InChI is InChI=1S/C30H31NO10S/c1-17(15-40-24-8-18-11-27(21(32)4-6-29(34)35)42-26(18)12-23(24)39-3)16-41-25-10-20-14-31(28(33)5-7-30(36)37)13-19(20)9-22(25)38-2/h8-12H,1,4-7,13-16H2,2-3H3,(H,34,35)(H,36,37). The number of hydrogen-bond donors (Lipinski definition) is 2. The Labute approximate surface area is 245 Å². The van der Waals surface area contributed by atoms with Crippen LogP contribution in [0.25, 0.3) is 10.1 Å². The number of carbonyl (C=O) groups excluding carboxylic acids is 2. The Bertz CT molecular complexity index is 1540. The van der Waals surface area contributed by atoms with Crippen LogP contribution in [-0.2, 0) is 27.5 Å². The normalized spacial score (nSPS) is 12.1. The first kappa shape index (κ1) is 30.4. The van der Waals surface area contributed by atoms with Gasteiger partial charge in [-0.15, -0.1) is 11.3 Å². The van der Waals surface area contributed by atoms with E-state index in [-0.39, 0.29) is 50.6 Å². The molecule has 222 valence electrons. The minimum absolute atomic E-state index is 0.0557. The van der Waals surface area contributed by atoms with Crippen LogP contribution in [0.2, 0.25) is 0 Å². The predicted octanol–water partition coefficient (Wildman–Crippen LogP) is 4.69. The zero-order chi connectivity index (χ0) is 30.4. The van der Waals surface area contributed by atoms with Gasteiger partial charge in [-0.05, 0) is 46.4 Å². The van der Waals surface area contributed by atoms with Crippen molar-refractivity contribution in [2.24, 2.45) is 0 Å². The molecule has 1 aliphatic heterocycles. The highest BCUT2D eigenvalue weighted by atomic mass is 32.1. The summed E-state index contributed by atoms with van der Waals surface area (Å²) in [5.74, 6) is -0.573. The van der Waals surface area contributed by atoms with Crippen molar-refractivity contribution in [2.75, 3.05) is 27.4 Å². The number of carboxylic acid groups (broad SMARTS) is 2. The molecule has 42 heavy (non-hydrogen) atoms. The third-order valence-electron chi connectivity index (χ3n) is 6.62. The fourth-order valence-corrected chi connectivity index (χ4v) is 5.47. The number of ether oxygens (including phenoxy) is 4. The number of aliphatic carboxylic acids is 2. The largest absolute Gasteiger partial charge is 0.493 e. The second-order valence-corrected chi connectivity index (χ2v) is 10.8. The van der Waals surface area contributed by atoms with Gasteiger partial charge in [0, 0.05) is 36.7 Å². The Balaban J connectivity index is 1.37. The van der Waals surface area contributed by atoms with Crippen molar-refractivity contribution in [2.45, 2.75) is 38.8 Å². The van der Waals surface area contributed by atoms with Crippen LogP contribution in [0.5, 0.6) is 23.0 Å². The predicted molar refractivity (Wildman–Crippen MR) is 154 cm³/mol. The number of carboxylic acids is 2. The summed E-state index contributed by atoms with van der Waals surface area (Å²) in [5.41, 5.74) is 2.43. The maximum Gasteiger partial charge on any atom is 0.303 e. The summed E-state index contributed by atoms with van der Waals surface area (Å²) < 4.78 is 23.7. The van der Waals surface area contributed by atoms with E-state index >= 15 is 0 Å². The van der Waals surface area contributed by atoms with Gasteiger partial charge < -0.3 is 34.1 Å². The fourth-order valence-electron chi connectivity index (χ4n) is 4.43. The molecule has 0 saturated heterocycles. The van der Waals surface area contributed by atoms with E-state index in [9.17, 15) is 19.2 Å². The van der Waals surface area contributed by atoms with Crippen LogP contribution in [0.3, 0.4) is 0 Å². The zero-order valence-electron chi connectivity index (χ0n) is 23.3. The van der Waals surface area contributed by atoms with Gasteiger partial charge in [-0.25, -0.2) is 0 Å². The number of carbonyl (C=O) groups is 4. The smallest absolute Gasteiger partial charge is 0.303 e. The highest BCUT2D eigenvalue weighted by Crippen LogP contribution is 2.38. The van der Waals surface area contributed by atoms with Crippen molar-refractivity contribution >= 4 is 45.1 Å². The molecule has 2 N–H and O–H groups in total. The quantitative estimate of drug-likeness (QED) is 0.187. The average molecular weight is 598 g/mol. The lowest BCUT2D eigenvalue weighted by Gasteiger charge is -2.15. The van der Waals surface area contributed by atoms with E-state index in [4.69, 9.17) is 29.2 Å². The van der Waals surface area contributed by atoms with Gasteiger partial charge in [0.05, 0.1) is 31.9 Å². The van der Waals surface area contributed by atoms with Crippen molar-refractivity contribution in [1.82, 2.24) is 4.90 Å². The lowest BCUT2D eigenvalue weighted by molar-refractivity contribution is -0.141. The first-order chi connectivity index (χ1) is 20.1. The number of hydrogen-bond acceptors (Lipinski definition) is 9. The summed E-state index contributed by atoms with van der Waals surface area (Å²) in [6.45, 7) is 5.02. The molecule has 12 heteroatoms. The Morgan fingerprint density at radius 1 is 0.786 bits per heavy atom. The number of amides is 1. The minimum atomic E-state index is -1.02. The van der Waals surface area contributed by atoms with Crippen molar-refractivity contribution in [3.63, 3.8) is 0 Å². The van der Waals surface area contributed by atoms with Crippen molar-refractivity contribution in [3.8, 4) is 23.0 Å². The highest BCUT2D eigenvalue weighted by molar-refractivity contribution is 7.20. The molecule has 0 unspecified atom stereocenters. The average Bonchev–Trinajstić information content (AvgIpc) is 3.58. The van der Waals surface area contributed by atoms with Gasteiger partial charge in [0.25, 0.3) is 0 Å². The fraction of sp³-hybridized carbons (Fsp3) is 0.333. The van der Waals surface area contributed by atoms with E-state index in [1.807, 2.05) is 12.1 Å². The number of Topliss-reactive ketones (excluding diaryl/α,β-unsaturated/α-hetero) is 1. The first-order valence-electron chi connectivity index (χ1n) is 13.1. The molecule has 0 saturated carbocycles. The molecule has 4 rings (SSSR count). The SMILES string of the molecule is C=C(COc1cc2c(cc1OC)CN(C(=O)CCC(=O)O)C2)COc1cc2cc(C(=O)CCC(=O)O)sc2cc1OC. The Kier molecular flexibility index (Phi) is 9.68. The van der Waals surface area contributed by atoms with Crippen LogP contribution in [0.15, 0.2) is 42.5 Å². The first-order valence-corrected chi connectivity index (χ1v) is 13.9. The van der Waals surface area contributed by atoms with E-state index in [2.05, 4.69) is 6.58 Å². The van der Waals surface area contributed by atoms with Gasteiger partial charge in [-0.1, -0.05) is 6.58 Å². The van der Waals surface area contributed by atoms with Crippen molar-refractivity contribution in [3.05, 3.63) is 58.5 Å². The lowest BCUT2D eigenvalue weighted by Crippen LogP contribution is -2.25. The second-order valence-electron chi connectivity index (χ2n) is 9.71. The molecule has 0 atom stereocenters. The van der Waals surface area contributed by atoms with Gasteiger partial charge in [0.15, 0.2) is 28.8 Å². The molecule has 0 aliphatic carbocycles. The molecule has 0 radical (unpaired) electrons. The van der Waals surface area contributed by atoms with Crippen LogP contribution in [0.1, 0.15) is 46.5 Å². The summed E-state index contributed by atoms with van der Waals surface area (Å²) in [5, 5.41) is 18.5. The number of methoxy groups -OCH3 is 2. The van der Waals surface area contributed by atoms with E-state index < -0.39 is 11.9 Å². The van der Waals surface area contributed by atoms with Crippen LogP contribution in [0.4, 0.5) is 0 Å². The van der Waals surface area contributed by atoms with Crippen LogP contribution >= 0.6 is 11.3 Å². The summed E-state index contributed by atoms with van der Waals surface area (Å²) in [6, 6.07) is 8.88. The topological polar surface area (TPSA) is 149 Å². The monoisotopic (exact) mass is 597 g/mol. The van der Waals surface area contributed by atoms with Crippen molar-refractivity contribution in [1.29, 1.82) is 0 Å². The molecule has 11 nitrogen and oxygen atoms in total. The van der Waals surface area contributed by atoms with Gasteiger partial charge in [0.2, 0.25) is 5.91 Å². The third-order valence-corrected chi connectivity index (χ3v) is 7.76. The number of fused-ring (bicyclic) bond motifs is 2. The van der Waals surface area contributed by atoms with Gasteiger partial charge in [-0.3, -0.25) is 19.2 Å². The lowest BCUT2D eigenvalue weighted by atomic mass is 10.1. The van der Waals surface area contributed by atoms with Crippen LogP contribution in [-0.4, -0.2) is 66.2 Å². The molecule has 0 bridgehead atoms. The molecule has 2 heterocycles. The van der Waals surface area contributed by atoms with Crippen molar-refractivity contribution < 1.29 is 48.3 Å². The third kappa shape index (κ3) is 7.38. The van der Waals surface area contributed by atoms with E-state index in [0.29, 0.717) is 46.5 Å². The van der Waals surface area contributed by atoms with Gasteiger partial charge >= 0.3 is 11.9 Å². The Morgan fingerprint density at radius 2 is 1.33 bits per heavy atom. The molecule has 1 aromatic heterocycles. The van der Waals surface area contributed by atoms with E-state index in [1.54, 1.807) is 23.1 Å². The summed E-state index contributed by atoms with van der Waals surface area (Å²) in [6.07, 6.45) is -0.560. The van der Waals surface area contributed by atoms with Gasteiger partial charge in [-0.2, -0.15) is 0 Å². The zero-order valence-corrected chi connectivity index (χ0v) is 24.1. The Morgan fingerprint density at radius 3 is 1.93 bits per heavy atom. The maximum absolute atomic E-state index is 12.4. The molecule has 2 aromatic carbocycles. The molecular weight excluding hydrogens is 566 g/mol. The van der Waals surface area contributed by atoms with Crippen LogP contribution in [0, 0.1) is 0 Å². The minimum Gasteiger partial charge on any atom is -0.493 e. The number of thiophene rings is 1. The summed E-state index contributed by atoms with van der Waals surface area (Å²) in [7, 11) is 3.04. The molecule has 3 aromatic rings. The molecule has 1 amide bonds. The highest BCUT2D eigenvalue weighted by Gasteiger charge is 2.26. The summed E-state index contributed by atoms with van der Waals surface area (Å²) in [4.78, 5) is 48.5. The molecule has 1 aliphatic rings. The number of rotatable bonds is 15. The Hall–Kier alpha value is -4.58. The molecule has 0 spiro atoms. The molecule has 0 fully saturated rings. The summed E-state index contributed by atoms with van der Waals surface area (Å²) >= 11 is 1.27. The van der Waals surface area contributed by atoms with Crippen LogP contribution < -0.4 is 18.9 Å². The number of benzene rings is 2. The van der Waals surface area contributed by atoms with Gasteiger partial charge in [0.1, 0.15) is 13.2 Å². The van der Waals surface area contributed by atoms with E-state index in [1.165, 1.54) is 25.6 Å². The van der Waals surface area contributed by atoms with E-state index in [0.717, 1.165) is 21.2 Å².